The highest BCUT2D eigenvalue weighted by molar-refractivity contribution is 8.01. The molecule has 1 aromatic rings. The van der Waals surface area contributed by atoms with Crippen molar-refractivity contribution in [2.75, 3.05) is 26.0 Å². The van der Waals surface area contributed by atoms with Crippen molar-refractivity contribution in [3.8, 4) is 0 Å². The number of amides is 1. The zero-order valence-electron chi connectivity index (χ0n) is 10.5. The molecule has 0 N–H and O–H groups in total. The van der Waals surface area contributed by atoms with Gasteiger partial charge in [-0.1, -0.05) is 6.07 Å². The van der Waals surface area contributed by atoms with E-state index in [2.05, 4.69) is 4.74 Å². The molecule has 0 saturated heterocycles. The summed E-state index contributed by atoms with van der Waals surface area (Å²) in [5.41, 5.74) is 0. The monoisotopic (exact) mass is 287 g/mol. The third kappa shape index (κ3) is 5.10. The highest BCUT2D eigenvalue weighted by atomic mass is 32.2. The molecule has 0 unspecified atom stereocenters. The van der Waals surface area contributed by atoms with Crippen LogP contribution in [-0.4, -0.2) is 42.7 Å². The number of methoxy groups -OCH3 is 1. The van der Waals surface area contributed by atoms with Gasteiger partial charge in [-0.2, -0.15) is 0 Å². The van der Waals surface area contributed by atoms with Gasteiger partial charge in [0.15, 0.2) is 0 Å². The van der Waals surface area contributed by atoms with Crippen LogP contribution in [0.3, 0.4) is 0 Å². The van der Waals surface area contributed by atoms with E-state index in [9.17, 15) is 9.59 Å². The van der Waals surface area contributed by atoms with Crippen molar-refractivity contribution in [1.82, 2.24) is 4.90 Å². The van der Waals surface area contributed by atoms with E-state index in [0.717, 1.165) is 4.21 Å². The minimum absolute atomic E-state index is 0.0554. The largest absolute Gasteiger partial charge is 0.469 e. The minimum Gasteiger partial charge on any atom is -0.469 e. The number of carbonyl (C=O) groups excluding carboxylic acids is 2. The van der Waals surface area contributed by atoms with Crippen LogP contribution in [0.25, 0.3) is 0 Å². The number of esters is 1. The second-order valence-corrected chi connectivity index (χ2v) is 5.74. The van der Waals surface area contributed by atoms with Crippen molar-refractivity contribution in [1.29, 1.82) is 0 Å². The van der Waals surface area contributed by atoms with Crippen LogP contribution >= 0.6 is 23.1 Å². The smallest absolute Gasteiger partial charge is 0.307 e. The average molecular weight is 287 g/mol. The Labute approximate surface area is 115 Å². The maximum Gasteiger partial charge on any atom is 0.307 e. The van der Waals surface area contributed by atoms with E-state index in [1.54, 1.807) is 16.2 Å². The number of nitrogens with zero attached hydrogens (tertiary/aromatic N) is 1. The normalized spacial score (nSPS) is 10.1. The third-order valence-corrected chi connectivity index (χ3v) is 4.50. The van der Waals surface area contributed by atoms with Crippen LogP contribution in [0.1, 0.15) is 13.3 Å². The predicted molar refractivity (Wildman–Crippen MR) is 73.9 cm³/mol. The summed E-state index contributed by atoms with van der Waals surface area (Å²) < 4.78 is 5.70. The Morgan fingerprint density at radius 1 is 1.50 bits per heavy atom. The van der Waals surface area contributed by atoms with Gasteiger partial charge in [-0.15, -0.1) is 23.1 Å². The van der Waals surface area contributed by atoms with Crippen molar-refractivity contribution in [2.24, 2.45) is 0 Å². The average Bonchev–Trinajstić information content (AvgIpc) is 2.89. The van der Waals surface area contributed by atoms with Gasteiger partial charge in [0, 0.05) is 13.1 Å². The Morgan fingerprint density at radius 2 is 2.28 bits per heavy atom. The molecule has 0 fully saturated rings. The lowest BCUT2D eigenvalue weighted by Crippen LogP contribution is -2.34. The fourth-order valence-electron chi connectivity index (χ4n) is 1.36. The molecular weight excluding hydrogens is 270 g/mol. The predicted octanol–water partition coefficient (Wildman–Crippen LogP) is 2.25. The maximum atomic E-state index is 11.9. The Bertz CT molecular complexity index is 379. The summed E-state index contributed by atoms with van der Waals surface area (Å²) in [6, 6.07) is 3.96. The fourth-order valence-corrected chi connectivity index (χ4v) is 3.04. The van der Waals surface area contributed by atoms with Crippen LogP contribution in [0, 0.1) is 0 Å². The minimum atomic E-state index is -0.285. The van der Waals surface area contributed by atoms with Gasteiger partial charge in [0.2, 0.25) is 5.91 Å². The summed E-state index contributed by atoms with van der Waals surface area (Å²) in [6.45, 7) is 2.94. The number of hydrogen-bond donors (Lipinski definition) is 0. The maximum absolute atomic E-state index is 11.9. The van der Waals surface area contributed by atoms with E-state index in [0.29, 0.717) is 18.8 Å². The highest BCUT2D eigenvalue weighted by Crippen LogP contribution is 2.23. The summed E-state index contributed by atoms with van der Waals surface area (Å²) in [5, 5.41) is 1.99. The van der Waals surface area contributed by atoms with Crippen LogP contribution in [0.5, 0.6) is 0 Å². The molecule has 1 heterocycles. The molecule has 1 aromatic heterocycles. The molecule has 0 spiro atoms. The molecule has 4 nitrogen and oxygen atoms in total. The second kappa shape index (κ2) is 8.16. The van der Waals surface area contributed by atoms with Crippen LogP contribution in [-0.2, 0) is 14.3 Å². The lowest BCUT2D eigenvalue weighted by molar-refractivity contribution is -0.141. The third-order valence-electron chi connectivity index (χ3n) is 2.38. The Kier molecular flexibility index (Phi) is 6.82. The highest BCUT2D eigenvalue weighted by Gasteiger charge is 2.13. The standard InChI is InChI=1S/C12H17NO3S2/c1-3-13(7-6-11(15)16-2)10(14)9-18-12-5-4-8-17-12/h4-5,8H,3,6-7,9H2,1-2H3. The molecule has 0 atom stereocenters. The zero-order chi connectivity index (χ0) is 13.4. The summed E-state index contributed by atoms with van der Waals surface area (Å²) in [7, 11) is 1.35. The number of thioether (sulfide) groups is 1. The van der Waals surface area contributed by atoms with Gasteiger partial charge in [0.1, 0.15) is 0 Å². The Hall–Kier alpha value is -1.01. The number of ether oxygens (including phenoxy) is 1. The van der Waals surface area contributed by atoms with E-state index in [1.807, 2.05) is 24.4 Å². The lowest BCUT2D eigenvalue weighted by Gasteiger charge is -2.19. The van der Waals surface area contributed by atoms with Gasteiger partial charge in [0.05, 0.1) is 23.5 Å². The van der Waals surface area contributed by atoms with Gasteiger partial charge in [-0.25, -0.2) is 0 Å². The van der Waals surface area contributed by atoms with Gasteiger partial charge >= 0.3 is 5.97 Å². The van der Waals surface area contributed by atoms with Crippen LogP contribution in [0.4, 0.5) is 0 Å². The molecule has 6 heteroatoms. The fraction of sp³-hybridized carbons (Fsp3) is 0.500. The summed E-state index contributed by atoms with van der Waals surface area (Å²) in [5.74, 6) is 0.183. The number of rotatable bonds is 7. The van der Waals surface area contributed by atoms with E-state index in [1.165, 1.54) is 18.9 Å². The molecule has 0 aromatic carbocycles. The molecule has 0 saturated carbocycles. The van der Waals surface area contributed by atoms with Crippen molar-refractivity contribution < 1.29 is 14.3 Å². The molecule has 1 amide bonds. The zero-order valence-corrected chi connectivity index (χ0v) is 12.2. The summed E-state index contributed by atoms with van der Waals surface area (Å²) in [6.07, 6.45) is 0.250. The van der Waals surface area contributed by atoms with E-state index >= 15 is 0 Å². The van der Waals surface area contributed by atoms with E-state index in [4.69, 9.17) is 0 Å². The molecule has 0 aliphatic heterocycles. The van der Waals surface area contributed by atoms with Crippen LogP contribution < -0.4 is 0 Å². The first-order valence-electron chi connectivity index (χ1n) is 5.68. The first-order chi connectivity index (χ1) is 8.67. The molecular formula is C12H17NO3S2. The van der Waals surface area contributed by atoms with Gasteiger partial charge in [-0.05, 0) is 18.4 Å². The number of hydrogen-bond acceptors (Lipinski definition) is 5. The van der Waals surface area contributed by atoms with Crippen molar-refractivity contribution in [3.05, 3.63) is 17.5 Å². The van der Waals surface area contributed by atoms with E-state index in [-0.39, 0.29) is 18.3 Å². The molecule has 18 heavy (non-hydrogen) atoms. The van der Waals surface area contributed by atoms with Gasteiger partial charge in [0.25, 0.3) is 0 Å². The molecule has 0 radical (unpaired) electrons. The Morgan fingerprint density at radius 3 is 2.83 bits per heavy atom. The quantitative estimate of drug-likeness (QED) is 0.570. The molecule has 0 aliphatic rings. The summed E-state index contributed by atoms with van der Waals surface area (Å²) >= 11 is 3.15. The van der Waals surface area contributed by atoms with Crippen molar-refractivity contribution in [2.45, 2.75) is 17.6 Å². The molecule has 1 rings (SSSR count). The Balaban J connectivity index is 2.34. The molecule has 0 aliphatic carbocycles. The number of thiophene rings is 1. The van der Waals surface area contributed by atoms with E-state index < -0.39 is 0 Å². The lowest BCUT2D eigenvalue weighted by atomic mass is 10.3. The van der Waals surface area contributed by atoms with Gasteiger partial charge in [-0.3, -0.25) is 9.59 Å². The first kappa shape index (κ1) is 15.0. The summed E-state index contributed by atoms with van der Waals surface area (Å²) in [4.78, 5) is 24.6. The van der Waals surface area contributed by atoms with Crippen LogP contribution in [0.15, 0.2) is 21.7 Å². The first-order valence-corrected chi connectivity index (χ1v) is 7.54. The molecule has 0 bridgehead atoms. The topological polar surface area (TPSA) is 46.6 Å². The van der Waals surface area contributed by atoms with Gasteiger partial charge < -0.3 is 9.64 Å². The second-order valence-electron chi connectivity index (χ2n) is 3.52. The number of carbonyl (C=O) groups is 2. The van der Waals surface area contributed by atoms with Crippen LogP contribution in [0.2, 0.25) is 0 Å². The van der Waals surface area contributed by atoms with Crippen molar-refractivity contribution >= 4 is 35.0 Å². The molecule has 100 valence electrons. The SMILES string of the molecule is CCN(CCC(=O)OC)C(=O)CSc1cccs1. The van der Waals surface area contributed by atoms with Crippen molar-refractivity contribution in [3.63, 3.8) is 0 Å².